The fourth-order valence-corrected chi connectivity index (χ4v) is 3.22. The van der Waals surface area contributed by atoms with E-state index in [-0.39, 0.29) is 12.0 Å². The molecule has 1 aliphatic rings. The number of ether oxygens (including phenoxy) is 1. The van der Waals surface area contributed by atoms with Crippen molar-refractivity contribution in [3.05, 3.63) is 23.9 Å². The number of nitrogens with zero attached hydrogens (tertiary/aromatic N) is 7. The third kappa shape index (κ3) is 4.45. The smallest absolute Gasteiger partial charge is 0.233 e. The molecular weight excluding hydrogens is 342 g/mol. The molecule has 2 aromatic heterocycles. The number of aryl methyl sites for hydroxylation is 1. The Bertz CT molecular complexity index is 763. The van der Waals surface area contributed by atoms with Crippen LogP contribution in [0.15, 0.2) is 23.5 Å². The molecular formula is C15H17N7O2S. The largest absolute Gasteiger partial charge is 0.474 e. The van der Waals surface area contributed by atoms with Gasteiger partial charge in [0.15, 0.2) is 0 Å². The maximum Gasteiger partial charge on any atom is 0.233 e. The molecule has 0 N–H and O–H groups in total. The average Bonchev–Trinajstić information content (AvgIpc) is 3.06. The molecule has 3 rings (SSSR count). The lowest BCUT2D eigenvalue weighted by molar-refractivity contribution is -0.130. The number of carbonyl (C=O) groups is 1. The summed E-state index contributed by atoms with van der Waals surface area (Å²) in [6.45, 7) is 1.30. The molecule has 9 nitrogen and oxygen atoms in total. The zero-order valence-corrected chi connectivity index (χ0v) is 14.5. The van der Waals surface area contributed by atoms with Gasteiger partial charge in [0, 0.05) is 45.2 Å². The van der Waals surface area contributed by atoms with Crippen molar-refractivity contribution in [2.75, 3.05) is 18.8 Å². The van der Waals surface area contributed by atoms with Gasteiger partial charge in [0.2, 0.25) is 16.9 Å². The van der Waals surface area contributed by atoms with Gasteiger partial charge in [-0.3, -0.25) is 4.79 Å². The molecule has 1 amide bonds. The summed E-state index contributed by atoms with van der Waals surface area (Å²) in [4.78, 5) is 18.2. The highest BCUT2D eigenvalue weighted by Gasteiger charge is 2.24. The number of tetrazole rings is 1. The van der Waals surface area contributed by atoms with Crippen LogP contribution in [0, 0.1) is 11.3 Å². The molecule has 0 bridgehead atoms. The quantitative estimate of drug-likeness (QED) is 0.715. The van der Waals surface area contributed by atoms with E-state index in [1.807, 2.05) is 11.0 Å². The van der Waals surface area contributed by atoms with Crippen molar-refractivity contribution in [2.45, 2.75) is 24.1 Å². The van der Waals surface area contributed by atoms with Crippen molar-refractivity contribution in [1.82, 2.24) is 30.1 Å². The Hall–Kier alpha value is -2.67. The normalized spacial score (nSPS) is 15.0. The summed E-state index contributed by atoms with van der Waals surface area (Å²) in [5, 5.41) is 20.5. The lowest BCUT2D eigenvalue weighted by atomic mass is 10.1. The molecule has 0 unspecified atom stereocenters. The number of hydrogen-bond acceptors (Lipinski definition) is 8. The number of likely N-dealkylation sites (tertiary alicyclic amines) is 1. The first kappa shape index (κ1) is 17.2. The van der Waals surface area contributed by atoms with E-state index in [1.165, 1.54) is 18.0 Å². The number of thioether (sulfide) groups is 1. The van der Waals surface area contributed by atoms with E-state index < -0.39 is 0 Å². The lowest BCUT2D eigenvalue weighted by Crippen LogP contribution is -2.42. The number of pyridine rings is 1. The Labute approximate surface area is 149 Å². The van der Waals surface area contributed by atoms with Crippen LogP contribution in [-0.4, -0.2) is 60.9 Å². The van der Waals surface area contributed by atoms with Crippen LogP contribution in [-0.2, 0) is 11.8 Å². The van der Waals surface area contributed by atoms with Crippen molar-refractivity contribution >= 4 is 17.7 Å². The van der Waals surface area contributed by atoms with Gasteiger partial charge in [-0.15, -0.1) is 5.10 Å². The SMILES string of the molecule is Cn1nnnc1SCC(=O)N1CCC(Oc2ccc(C#N)cn2)CC1. The summed E-state index contributed by atoms with van der Waals surface area (Å²) in [5.74, 6) is 0.897. The highest BCUT2D eigenvalue weighted by Crippen LogP contribution is 2.19. The maximum atomic E-state index is 12.3. The van der Waals surface area contributed by atoms with Crippen LogP contribution < -0.4 is 4.74 Å². The molecule has 0 atom stereocenters. The number of nitriles is 1. The van der Waals surface area contributed by atoms with Crippen molar-refractivity contribution in [1.29, 1.82) is 5.26 Å². The van der Waals surface area contributed by atoms with E-state index in [2.05, 4.69) is 20.5 Å². The fraction of sp³-hybridized carbons (Fsp3) is 0.467. The van der Waals surface area contributed by atoms with Crippen molar-refractivity contribution in [3.63, 3.8) is 0 Å². The van der Waals surface area contributed by atoms with Gasteiger partial charge in [-0.1, -0.05) is 11.8 Å². The molecule has 1 aliphatic heterocycles. The summed E-state index contributed by atoms with van der Waals surface area (Å²) in [6.07, 6.45) is 3.03. The number of amides is 1. The molecule has 0 aromatic carbocycles. The monoisotopic (exact) mass is 359 g/mol. The lowest BCUT2D eigenvalue weighted by Gasteiger charge is -2.31. The van der Waals surface area contributed by atoms with Gasteiger partial charge in [-0.2, -0.15) is 5.26 Å². The first-order chi connectivity index (χ1) is 12.2. The highest BCUT2D eigenvalue weighted by molar-refractivity contribution is 7.99. The van der Waals surface area contributed by atoms with Crippen molar-refractivity contribution in [3.8, 4) is 11.9 Å². The summed E-state index contributed by atoms with van der Waals surface area (Å²) in [6, 6.07) is 5.40. The Morgan fingerprint density at radius 2 is 2.24 bits per heavy atom. The second-order valence-corrected chi connectivity index (χ2v) is 6.51. The van der Waals surface area contributed by atoms with Crippen LogP contribution in [0.3, 0.4) is 0 Å². The van der Waals surface area contributed by atoms with E-state index in [4.69, 9.17) is 10.00 Å². The van der Waals surface area contributed by atoms with Gasteiger partial charge >= 0.3 is 0 Å². The predicted molar refractivity (Wildman–Crippen MR) is 88.7 cm³/mol. The standard InChI is InChI=1S/C15H17N7O2S/c1-21-15(18-19-20-21)25-10-14(23)22-6-4-12(5-7-22)24-13-3-2-11(8-16)9-17-13/h2-3,9,12H,4-7,10H2,1H3. The average molecular weight is 359 g/mol. The Balaban J connectivity index is 1.44. The summed E-state index contributed by atoms with van der Waals surface area (Å²) in [7, 11) is 1.74. The minimum Gasteiger partial charge on any atom is -0.474 e. The third-order valence-corrected chi connectivity index (χ3v) is 4.85. The molecule has 25 heavy (non-hydrogen) atoms. The number of aromatic nitrogens is 5. The second kappa shape index (κ2) is 7.94. The van der Waals surface area contributed by atoms with Crippen LogP contribution in [0.1, 0.15) is 18.4 Å². The van der Waals surface area contributed by atoms with Gasteiger partial charge in [0.05, 0.1) is 11.3 Å². The van der Waals surface area contributed by atoms with Gasteiger partial charge in [0.1, 0.15) is 12.2 Å². The fourth-order valence-electron chi connectivity index (χ4n) is 2.47. The molecule has 0 saturated carbocycles. The van der Waals surface area contributed by atoms with Crippen LogP contribution in [0.5, 0.6) is 5.88 Å². The zero-order chi connectivity index (χ0) is 17.6. The minimum absolute atomic E-state index is 0.0279. The zero-order valence-electron chi connectivity index (χ0n) is 13.7. The van der Waals surface area contributed by atoms with Crippen LogP contribution >= 0.6 is 11.8 Å². The van der Waals surface area contributed by atoms with Gasteiger partial charge in [-0.05, 0) is 16.5 Å². The number of piperidine rings is 1. The molecule has 0 aliphatic carbocycles. The highest BCUT2D eigenvalue weighted by atomic mass is 32.2. The van der Waals surface area contributed by atoms with Gasteiger partial charge in [-0.25, -0.2) is 9.67 Å². The van der Waals surface area contributed by atoms with Crippen LogP contribution in [0.25, 0.3) is 0 Å². The Morgan fingerprint density at radius 3 is 2.84 bits per heavy atom. The van der Waals surface area contributed by atoms with Gasteiger partial charge < -0.3 is 9.64 Å². The Morgan fingerprint density at radius 1 is 1.44 bits per heavy atom. The second-order valence-electron chi connectivity index (χ2n) is 5.57. The molecule has 0 spiro atoms. The molecule has 2 aromatic rings. The summed E-state index contributed by atoms with van der Waals surface area (Å²) < 4.78 is 7.37. The Kier molecular flexibility index (Phi) is 5.45. The first-order valence-electron chi connectivity index (χ1n) is 7.81. The minimum atomic E-state index is 0.0279. The number of hydrogen-bond donors (Lipinski definition) is 0. The molecule has 10 heteroatoms. The first-order valence-corrected chi connectivity index (χ1v) is 8.80. The van der Waals surface area contributed by atoms with Crippen molar-refractivity contribution < 1.29 is 9.53 Å². The molecule has 1 fully saturated rings. The van der Waals surface area contributed by atoms with E-state index in [1.54, 1.807) is 23.9 Å². The third-order valence-electron chi connectivity index (χ3n) is 3.85. The maximum absolute atomic E-state index is 12.3. The molecule has 130 valence electrons. The predicted octanol–water partition coefficient (Wildman–Crippen LogP) is 0.639. The van der Waals surface area contributed by atoms with E-state index in [9.17, 15) is 4.79 Å². The summed E-state index contributed by atoms with van der Waals surface area (Å²) >= 11 is 1.33. The number of carbonyl (C=O) groups excluding carboxylic acids is 1. The van der Waals surface area contributed by atoms with Crippen molar-refractivity contribution in [2.24, 2.45) is 7.05 Å². The molecule has 3 heterocycles. The van der Waals surface area contributed by atoms with E-state index in [0.717, 1.165) is 12.8 Å². The van der Waals surface area contributed by atoms with Crippen LogP contribution in [0.2, 0.25) is 0 Å². The van der Waals surface area contributed by atoms with E-state index in [0.29, 0.717) is 35.4 Å². The summed E-state index contributed by atoms with van der Waals surface area (Å²) in [5.41, 5.74) is 0.503. The van der Waals surface area contributed by atoms with E-state index >= 15 is 0 Å². The molecule has 0 radical (unpaired) electrons. The number of rotatable bonds is 5. The molecule has 1 saturated heterocycles. The van der Waals surface area contributed by atoms with Gasteiger partial charge in [0.25, 0.3) is 0 Å². The van der Waals surface area contributed by atoms with Crippen LogP contribution in [0.4, 0.5) is 0 Å². The topological polar surface area (TPSA) is 110 Å².